The molecule has 0 spiro atoms. The SMILES string of the molecule is C=CC[C@@](C)(c1ccccc1)S(=O)(=O)C(C)(C)C. The van der Waals surface area contributed by atoms with Crippen molar-refractivity contribution in [1.82, 2.24) is 0 Å². The highest BCUT2D eigenvalue weighted by Gasteiger charge is 2.46. The molecule has 2 nitrogen and oxygen atoms in total. The van der Waals surface area contributed by atoms with Crippen molar-refractivity contribution in [2.75, 3.05) is 0 Å². The van der Waals surface area contributed by atoms with Gasteiger partial charge in [-0.3, -0.25) is 0 Å². The zero-order valence-electron chi connectivity index (χ0n) is 11.6. The number of rotatable bonds is 4. The van der Waals surface area contributed by atoms with Gasteiger partial charge in [0.15, 0.2) is 9.84 Å². The monoisotopic (exact) mass is 266 g/mol. The van der Waals surface area contributed by atoms with Crippen LogP contribution in [0.4, 0.5) is 0 Å². The van der Waals surface area contributed by atoms with Gasteiger partial charge in [0.05, 0.1) is 9.49 Å². The second kappa shape index (κ2) is 4.88. The van der Waals surface area contributed by atoms with Crippen molar-refractivity contribution in [3.05, 3.63) is 48.6 Å². The zero-order chi connectivity index (χ0) is 14.0. The number of sulfone groups is 1. The third kappa shape index (κ3) is 2.37. The maximum Gasteiger partial charge on any atom is 0.165 e. The van der Waals surface area contributed by atoms with Crippen LogP contribution in [0.25, 0.3) is 0 Å². The van der Waals surface area contributed by atoms with E-state index < -0.39 is 19.3 Å². The minimum absolute atomic E-state index is 0.413. The minimum Gasteiger partial charge on any atom is -0.227 e. The molecule has 1 aromatic rings. The van der Waals surface area contributed by atoms with E-state index in [0.29, 0.717) is 6.42 Å². The van der Waals surface area contributed by atoms with Crippen LogP contribution in [0.15, 0.2) is 43.0 Å². The molecule has 0 amide bonds. The van der Waals surface area contributed by atoms with Gasteiger partial charge in [-0.2, -0.15) is 0 Å². The summed E-state index contributed by atoms with van der Waals surface area (Å²) in [4.78, 5) is 0. The summed E-state index contributed by atoms with van der Waals surface area (Å²) in [5, 5.41) is 0. The van der Waals surface area contributed by atoms with E-state index in [1.807, 2.05) is 30.3 Å². The summed E-state index contributed by atoms with van der Waals surface area (Å²) in [5.41, 5.74) is 0.819. The lowest BCUT2D eigenvalue weighted by atomic mass is 9.97. The maximum absolute atomic E-state index is 12.8. The van der Waals surface area contributed by atoms with Gasteiger partial charge in [-0.05, 0) is 39.7 Å². The van der Waals surface area contributed by atoms with E-state index in [9.17, 15) is 8.42 Å². The predicted octanol–water partition coefficient (Wildman–Crippen LogP) is 3.69. The maximum atomic E-state index is 12.8. The summed E-state index contributed by atoms with van der Waals surface area (Å²) < 4.78 is 23.9. The van der Waals surface area contributed by atoms with Crippen LogP contribution in [-0.2, 0) is 14.6 Å². The van der Waals surface area contributed by atoms with Gasteiger partial charge in [0.1, 0.15) is 0 Å². The third-order valence-electron chi connectivity index (χ3n) is 3.32. The predicted molar refractivity (Wildman–Crippen MR) is 77.3 cm³/mol. The first-order chi connectivity index (χ1) is 8.17. The fourth-order valence-corrected chi connectivity index (χ4v) is 4.26. The van der Waals surface area contributed by atoms with Gasteiger partial charge in [-0.25, -0.2) is 8.42 Å². The molecule has 1 rings (SSSR count). The van der Waals surface area contributed by atoms with Crippen molar-refractivity contribution in [2.24, 2.45) is 0 Å². The van der Waals surface area contributed by atoms with E-state index in [1.165, 1.54) is 0 Å². The van der Waals surface area contributed by atoms with Gasteiger partial charge in [-0.1, -0.05) is 36.4 Å². The van der Waals surface area contributed by atoms with Crippen LogP contribution in [-0.4, -0.2) is 13.2 Å². The van der Waals surface area contributed by atoms with Gasteiger partial charge in [0.2, 0.25) is 0 Å². The largest absolute Gasteiger partial charge is 0.227 e. The fraction of sp³-hybridized carbons (Fsp3) is 0.467. The van der Waals surface area contributed by atoms with Gasteiger partial charge in [0, 0.05) is 0 Å². The van der Waals surface area contributed by atoms with Crippen LogP contribution < -0.4 is 0 Å². The summed E-state index contributed by atoms with van der Waals surface area (Å²) in [5.74, 6) is 0. The molecule has 1 aromatic carbocycles. The van der Waals surface area contributed by atoms with Crippen molar-refractivity contribution in [3.8, 4) is 0 Å². The summed E-state index contributed by atoms with van der Waals surface area (Å²) in [6.07, 6.45) is 2.09. The average Bonchev–Trinajstić information content (AvgIpc) is 2.28. The Bertz CT molecular complexity index is 509. The molecule has 0 unspecified atom stereocenters. The van der Waals surface area contributed by atoms with Crippen LogP contribution in [0.2, 0.25) is 0 Å². The third-order valence-corrected chi connectivity index (χ3v) is 6.52. The molecular formula is C15H22O2S. The Morgan fingerprint density at radius 2 is 1.61 bits per heavy atom. The quantitative estimate of drug-likeness (QED) is 0.779. The molecule has 0 saturated carbocycles. The molecule has 18 heavy (non-hydrogen) atoms. The van der Waals surface area contributed by atoms with Gasteiger partial charge < -0.3 is 0 Å². The molecule has 100 valence electrons. The Labute approximate surface area is 111 Å². The Morgan fingerprint density at radius 1 is 1.11 bits per heavy atom. The lowest BCUT2D eigenvalue weighted by molar-refractivity contribution is 0.507. The Kier molecular flexibility index (Phi) is 4.06. The first-order valence-electron chi connectivity index (χ1n) is 6.07. The van der Waals surface area contributed by atoms with Crippen LogP contribution >= 0.6 is 0 Å². The van der Waals surface area contributed by atoms with Crippen LogP contribution in [0.5, 0.6) is 0 Å². The number of benzene rings is 1. The van der Waals surface area contributed by atoms with Crippen LogP contribution in [0, 0.1) is 0 Å². The first kappa shape index (κ1) is 15.0. The van der Waals surface area contributed by atoms with Crippen LogP contribution in [0.1, 0.15) is 39.7 Å². The first-order valence-corrected chi connectivity index (χ1v) is 7.56. The Balaban J connectivity index is 3.48. The summed E-state index contributed by atoms with van der Waals surface area (Å²) in [6.45, 7) is 10.7. The van der Waals surface area contributed by atoms with Crippen molar-refractivity contribution in [1.29, 1.82) is 0 Å². The molecule has 0 aromatic heterocycles. The van der Waals surface area contributed by atoms with Crippen LogP contribution in [0.3, 0.4) is 0 Å². The molecule has 1 atom stereocenters. The van der Waals surface area contributed by atoms with E-state index >= 15 is 0 Å². The van der Waals surface area contributed by atoms with E-state index in [4.69, 9.17) is 0 Å². The zero-order valence-corrected chi connectivity index (χ0v) is 12.4. The minimum atomic E-state index is -3.32. The van der Waals surface area contributed by atoms with Gasteiger partial charge in [0.25, 0.3) is 0 Å². The molecule has 0 aliphatic carbocycles. The van der Waals surface area contributed by atoms with Crippen molar-refractivity contribution >= 4 is 9.84 Å². The van der Waals surface area contributed by atoms with Gasteiger partial charge >= 0.3 is 0 Å². The smallest absolute Gasteiger partial charge is 0.165 e. The molecule has 0 saturated heterocycles. The fourth-order valence-electron chi connectivity index (χ4n) is 2.12. The molecule has 0 radical (unpaired) electrons. The molecule has 0 aliphatic heterocycles. The molecule has 0 bridgehead atoms. The standard InChI is InChI=1S/C15H22O2S/c1-6-12-15(5,13-10-8-7-9-11-13)18(16,17)14(2,3)4/h6-11H,1,12H2,2-5H3/t15-/m0/s1. The highest BCUT2D eigenvalue weighted by molar-refractivity contribution is 7.93. The van der Waals surface area contributed by atoms with Gasteiger partial charge in [-0.15, -0.1) is 6.58 Å². The topological polar surface area (TPSA) is 34.1 Å². The average molecular weight is 266 g/mol. The summed E-state index contributed by atoms with van der Waals surface area (Å²) in [6, 6.07) is 9.37. The van der Waals surface area contributed by atoms with E-state index in [0.717, 1.165) is 5.56 Å². The highest BCUT2D eigenvalue weighted by Crippen LogP contribution is 2.40. The van der Waals surface area contributed by atoms with E-state index in [1.54, 1.807) is 33.8 Å². The Morgan fingerprint density at radius 3 is 2.00 bits per heavy atom. The van der Waals surface area contributed by atoms with Crippen molar-refractivity contribution in [2.45, 2.75) is 43.6 Å². The van der Waals surface area contributed by atoms with E-state index in [2.05, 4.69) is 6.58 Å². The molecule has 0 N–H and O–H groups in total. The Hall–Kier alpha value is -1.09. The lowest BCUT2D eigenvalue weighted by Gasteiger charge is -2.35. The summed E-state index contributed by atoms with van der Waals surface area (Å²) >= 11 is 0. The van der Waals surface area contributed by atoms with Crippen molar-refractivity contribution < 1.29 is 8.42 Å². The summed E-state index contributed by atoms with van der Waals surface area (Å²) in [7, 11) is -3.32. The molecule has 0 heterocycles. The second-order valence-corrected chi connectivity index (χ2v) is 8.84. The second-order valence-electron chi connectivity index (χ2n) is 5.71. The normalized spacial score (nSPS) is 16.0. The molecular weight excluding hydrogens is 244 g/mol. The number of allylic oxidation sites excluding steroid dienone is 1. The van der Waals surface area contributed by atoms with E-state index in [-0.39, 0.29) is 0 Å². The number of hydrogen-bond donors (Lipinski definition) is 0. The molecule has 0 aliphatic rings. The molecule has 3 heteroatoms. The lowest BCUT2D eigenvalue weighted by Crippen LogP contribution is -2.43. The van der Waals surface area contributed by atoms with Crippen molar-refractivity contribution in [3.63, 3.8) is 0 Å². The highest BCUT2D eigenvalue weighted by atomic mass is 32.2. The molecule has 0 fully saturated rings. The number of hydrogen-bond acceptors (Lipinski definition) is 2.